The average molecular weight is 431 g/mol. The molecule has 0 bridgehead atoms. The van der Waals surface area contributed by atoms with Crippen molar-refractivity contribution in [2.24, 2.45) is 5.92 Å². The van der Waals surface area contributed by atoms with Gasteiger partial charge in [0.2, 0.25) is 0 Å². The molecule has 1 aliphatic rings. The minimum absolute atomic E-state index is 0.216. The number of ketones is 1. The van der Waals surface area contributed by atoms with Gasteiger partial charge in [-0.1, -0.05) is 78.3 Å². The summed E-state index contributed by atoms with van der Waals surface area (Å²) >= 11 is 6.05. The summed E-state index contributed by atoms with van der Waals surface area (Å²) in [5.41, 5.74) is 5.07. The zero-order valence-corrected chi connectivity index (χ0v) is 18.0. The van der Waals surface area contributed by atoms with Crippen molar-refractivity contribution in [3.05, 3.63) is 101 Å². The Morgan fingerprint density at radius 1 is 0.903 bits per heavy atom. The van der Waals surface area contributed by atoms with Crippen LogP contribution in [0.1, 0.15) is 30.4 Å². The Balaban J connectivity index is 1.67. The first-order valence-corrected chi connectivity index (χ1v) is 10.8. The summed E-state index contributed by atoms with van der Waals surface area (Å²) in [6, 6.07) is 25.7. The Bertz CT molecular complexity index is 1100. The van der Waals surface area contributed by atoms with Crippen LogP contribution in [0.15, 0.2) is 84.9 Å². The van der Waals surface area contributed by atoms with Crippen molar-refractivity contribution in [3.8, 4) is 11.1 Å². The predicted octanol–water partition coefficient (Wildman–Crippen LogP) is 6.33. The van der Waals surface area contributed by atoms with Crippen molar-refractivity contribution in [1.82, 2.24) is 0 Å². The number of ether oxygens (including phenoxy) is 1. The van der Waals surface area contributed by atoms with Crippen LogP contribution in [0.3, 0.4) is 0 Å². The lowest BCUT2D eigenvalue weighted by Gasteiger charge is -2.29. The number of carbonyl (C=O) groups is 2. The molecule has 0 saturated heterocycles. The van der Waals surface area contributed by atoms with Crippen LogP contribution in [-0.4, -0.2) is 18.4 Å². The van der Waals surface area contributed by atoms with Gasteiger partial charge in [0.15, 0.2) is 5.78 Å². The second kappa shape index (κ2) is 9.32. The number of hydrogen-bond acceptors (Lipinski definition) is 3. The van der Waals surface area contributed by atoms with Crippen LogP contribution in [0.2, 0.25) is 5.02 Å². The molecule has 3 aromatic rings. The summed E-state index contributed by atoms with van der Waals surface area (Å²) in [6.07, 6.45) is 2.17. The summed E-state index contributed by atoms with van der Waals surface area (Å²) < 4.78 is 5.22. The van der Waals surface area contributed by atoms with E-state index in [0.717, 1.165) is 27.8 Å². The van der Waals surface area contributed by atoms with Gasteiger partial charge in [0.05, 0.1) is 6.61 Å². The number of benzene rings is 3. The Morgan fingerprint density at radius 2 is 1.52 bits per heavy atom. The van der Waals surface area contributed by atoms with Crippen molar-refractivity contribution in [3.63, 3.8) is 0 Å². The third-order valence-electron chi connectivity index (χ3n) is 5.67. The van der Waals surface area contributed by atoms with Gasteiger partial charge < -0.3 is 4.74 Å². The molecule has 0 N–H and O–H groups in total. The lowest BCUT2D eigenvalue weighted by molar-refractivity contribution is -0.151. The van der Waals surface area contributed by atoms with Gasteiger partial charge in [-0.15, -0.1) is 0 Å². The molecular weight excluding hydrogens is 408 g/mol. The van der Waals surface area contributed by atoms with Crippen molar-refractivity contribution in [2.45, 2.75) is 19.3 Å². The van der Waals surface area contributed by atoms with Crippen LogP contribution in [0.5, 0.6) is 0 Å². The first-order valence-electron chi connectivity index (χ1n) is 10.4. The van der Waals surface area contributed by atoms with E-state index in [1.54, 1.807) is 25.1 Å². The summed E-state index contributed by atoms with van der Waals surface area (Å²) in [5.74, 6) is -1.82. The molecule has 3 aromatic carbocycles. The number of rotatable bonds is 5. The number of halogens is 1. The van der Waals surface area contributed by atoms with Gasteiger partial charge in [0.1, 0.15) is 5.92 Å². The lowest BCUT2D eigenvalue weighted by atomic mass is 9.73. The van der Waals surface area contributed by atoms with E-state index < -0.39 is 11.9 Å². The molecule has 2 unspecified atom stereocenters. The quantitative estimate of drug-likeness (QED) is 0.351. The number of carbonyl (C=O) groups excluding carboxylic acids is 2. The molecule has 31 heavy (non-hydrogen) atoms. The van der Waals surface area contributed by atoms with Crippen LogP contribution in [-0.2, 0) is 14.3 Å². The SMILES string of the molecule is CCOC(=O)C1C(=O)C=C(c2ccc(-c3ccccc3)cc2)CC1c1ccc(Cl)cc1. The number of esters is 1. The minimum atomic E-state index is -0.839. The lowest BCUT2D eigenvalue weighted by Crippen LogP contribution is -2.34. The van der Waals surface area contributed by atoms with Gasteiger partial charge >= 0.3 is 5.97 Å². The fourth-order valence-electron chi connectivity index (χ4n) is 4.11. The van der Waals surface area contributed by atoms with Crippen LogP contribution in [0.25, 0.3) is 16.7 Å². The largest absolute Gasteiger partial charge is 0.465 e. The second-order valence-corrected chi connectivity index (χ2v) is 8.04. The highest BCUT2D eigenvalue weighted by Crippen LogP contribution is 2.41. The van der Waals surface area contributed by atoms with Crippen LogP contribution in [0, 0.1) is 5.92 Å². The first kappa shape index (κ1) is 21.1. The average Bonchev–Trinajstić information content (AvgIpc) is 2.80. The summed E-state index contributed by atoms with van der Waals surface area (Å²) in [4.78, 5) is 25.6. The van der Waals surface area contributed by atoms with Crippen molar-refractivity contribution < 1.29 is 14.3 Å². The monoisotopic (exact) mass is 430 g/mol. The van der Waals surface area contributed by atoms with Crippen molar-refractivity contribution >= 4 is 28.9 Å². The molecule has 0 amide bonds. The zero-order chi connectivity index (χ0) is 21.8. The Morgan fingerprint density at radius 3 is 2.16 bits per heavy atom. The highest BCUT2D eigenvalue weighted by molar-refractivity contribution is 6.30. The molecule has 4 rings (SSSR count). The third-order valence-corrected chi connectivity index (χ3v) is 5.92. The van der Waals surface area contributed by atoms with E-state index in [1.165, 1.54) is 0 Å². The van der Waals surface area contributed by atoms with Gasteiger partial charge in [-0.25, -0.2) is 0 Å². The molecule has 0 aromatic heterocycles. The maximum atomic E-state index is 13.0. The molecule has 156 valence electrons. The number of allylic oxidation sites excluding steroid dienone is 2. The van der Waals surface area contributed by atoms with E-state index in [2.05, 4.69) is 24.3 Å². The molecule has 0 radical (unpaired) electrons. The van der Waals surface area contributed by atoms with Gasteiger partial charge in [0, 0.05) is 10.9 Å². The minimum Gasteiger partial charge on any atom is -0.465 e. The van der Waals surface area contributed by atoms with Gasteiger partial charge in [-0.05, 0) is 59.4 Å². The molecule has 0 heterocycles. The normalized spacial score (nSPS) is 18.4. The van der Waals surface area contributed by atoms with E-state index in [-0.39, 0.29) is 18.3 Å². The third kappa shape index (κ3) is 4.62. The van der Waals surface area contributed by atoms with Crippen LogP contribution < -0.4 is 0 Å². The maximum absolute atomic E-state index is 13.0. The first-order chi connectivity index (χ1) is 15.1. The summed E-state index contributed by atoms with van der Waals surface area (Å²) in [5, 5.41) is 0.617. The highest BCUT2D eigenvalue weighted by Gasteiger charge is 2.39. The molecular formula is C27H23ClO3. The highest BCUT2D eigenvalue weighted by atomic mass is 35.5. The fraction of sp³-hybridized carbons (Fsp3) is 0.185. The van der Waals surface area contributed by atoms with Gasteiger partial charge in [-0.3, -0.25) is 9.59 Å². The van der Waals surface area contributed by atoms with E-state index in [0.29, 0.717) is 11.4 Å². The smallest absolute Gasteiger partial charge is 0.317 e. The summed E-state index contributed by atoms with van der Waals surface area (Å²) in [6.45, 7) is 1.99. The van der Waals surface area contributed by atoms with E-state index in [4.69, 9.17) is 16.3 Å². The molecule has 2 atom stereocenters. The maximum Gasteiger partial charge on any atom is 0.317 e. The predicted molar refractivity (Wildman–Crippen MR) is 124 cm³/mol. The Hall–Kier alpha value is -3.17. The topological polar surface area (TPSA) is 43.4 Å². The van der Waals surface area contributed by atoms with E-state index >= 15 is 0 Å². The second-order valence-electron chi connectivity index (χ2n) is 7.61. The fourth-order valence-corrected chi connectivity index (χ4v) is 4.24. The van der Waals surface area contributed by atoms with Gasteiger partial charge in [-0.2, -0.15) is 0 Å². The molecule has 0 saturated carbocycles. The molecule has 0 spiro atoms. The molecule has 3 nitrogen and oxygen atoms in total. The van der Waals surface area contributed by atoms with Crippen LogP contribution >= 0.6 is 11.6 Å². The molecule has 1 aliphatic carbocycles. The van der Waals surface area contributed by atoms with Gasteiger partial charge in [0.25, 0.3) is 0 Å². The molecule has 0 aliphatic heterocycles. The van der Waals surface area contributed by atoms with Crippen LogP contribution in [0.4, 0.5) is 0 Å². The van der Waals surface area contributed by atoms with Crippen molar-refractivity contribution in [2.75, 3.05) is 6.61 Å². The van der Waals surface area contributed by atoms with E-state index in [9.17, 15) is 9.59 Å². The Labute approximate surface area is 187 Å². The van der Waals surface area contributed by atoms with E-state index in [1.807, 2.05) is 42.5 Å². The Kier molecular flexibility index (Phi) is 6.34. The molecule has 4 heteroatoms. The zero-order valence-electron chi connectivity index (χ0n) is 17.3. The summed E-state index contributed by atoms with van der Waals surface area (Å²) in [7, 11) is 0. The molecule has 0 fully saturated rings. The standard InChI is InChI=1S/C27H23ClO3/c1-2-31-27(30)26-24(21-12-14-23(28)15-13-21)16-22(17-25(26)29)20-10-8-19(9-11-20)18-6-4-3-5-7-18/h3-15,17,24,26H,2,16H2,1H3. The van der Waals surface area contributed by atoms with Crippen molar-refractivity contribution in [1.29, 1.82) is 0 Å². The number of hydrogen-bond donors (Lipinski definition) is 0.